The molecule has 0 aliphatic carbocycles. The third-order valence-corrected chi connectivity index (χ3v) is 7.11. The normalized spacial score (nSPS) is 11.8. The number of benzene rings is 2. The number of rotatable bonds is 12. The van der Waals surface area contributed by atoms with Crippen LogP contribution in [0.15, 0.2) is 73.1 Å². The van der Waals surface area contributed by atoms with E-state index in [4.69, 9.17) is 14.2 Å². The van der Waals surface area contributed by atoms with Gasteiger partial charge in [0.15, 0.2) is 6.29 Å². The monoisotopic (exact) mass is 519 g/mol. The lowest BCUT2D eigenvalue weighted by molar-refractivity contribution is 0.0906. The number of aromatic nitrogens is 3. The van der Waals surface area contributed by atoms with Gasteiger partial charge in [-0.1, -0.05) is 12.1 Å². The van der Waals surface area contributed by atoms with E-state index in [1.165, 1.54) is 0 Å². The molecule has 0 bridgehead atoms. The number of carbonyl (C=O) groups excluding carboxylic acids is 1. The third kappa shape index (κ3) is 7.44. The van der Waals surface area contributed by atoms with Crippen LogP contribution in [0.4, 0.5) is 0 Å². The van der Waals surface area contributed by atoms with Gasteiger partial charge in [0.05, 0.1) is 19.4 Å². The average molecular weight is 520 g/mol. The maximum Gasteiger partial charge on any atom is 0.170 e. The molecule has 0 radical (unpaired) electrons. The van der Waals surface area contributed by atoms with Crippen molar-refractivity contribution in [1.82, 2.24) is 14.5 Å². The van der Waals surface area contributed by atoms with Gasteiger partial charge < -0.3 is 18.8 Å². The molecule has 0 spiro atoms. The second kappa shape index (κ2) is 12.1. The van der Waals surface area contributed by atoms with E-state index in [1.807, 2.05) is 65.2 Å². The van der Waals surface area contributed by atoms with Crippen LogP contribution in [0.2, 0.25) is 0 Å². The molecule has 2 heterocycles. The Kier molecular flexibility index (Phi) is 8.63. The molecule has 0 saturated carbocycles. The first-order chi connectivity index (χ1) is 17.8. The molecule has 4 rings (SSSR count). The molecule has 8 heteroatoms. The second-order valence-electron chi connectivity index (χ2n) is 9.50. The number of ether oxygens (including phenoxy) is 3. The van der Waals surface area contributed by atoms with Crippen molar-refractivity contribution in [1.29, 1.82) is 0 Å². The van der Waals surface area contributed by atoms with E-state index in [1.54, 1.807) is 19.5 Å². The van der Waals surface area contributed by atoms with Crippen molar-refractivity contribution in [3.8, 4) is 34.1 Å². The summed E-state index contributed by atoms with van der Waals surface area (Å²) in [5, 5.41) is 0. The summed E-state index contributed by atoms with van der Waals surface area (Å²) in [5.41, 5.74) is 4.08. The largest absolute Gasteiger partial charge is 0.497 e. The fourth-order valence-electron chi connectivity index (χ4n) is 3.60. The van der Waals surface area contributed by atoms with Crippen molar-refractivity contribution in [2.45, 2.75) is 13.3 Å². The average Bonchev–Trinajstić information content (AvgIpc) is 3.33. The van der Waals surface area contributed by atoms with E-state index in [0.29, 0.717) is 31.5 Å². The van der Waals surface area contributed by atoms with Crippen molar-refractivity contribution >= 4 is 16.3 Å². The lowest BCUT2D eigenvalue weighted by atomic mass is 10.1. The minimum atomic E-state index is -0.621. The third-order valence-electron chi connectivity index (χ3n) is 5.72. The zero-order valence-corrected chi connectivity index (χ0v) is 22.5. The zero-order chi connectivity index (χ0) is 26.3. The SMILES string of the molecule is COc1ccc(COc2ccc(-c3ccc(-c4nc(C=O)cn4COCCS(C)(C)C)cn3)cc2)cc1. The summed E-state index contributed by atoms with van der Waals surface area (Å²) in [6.45, 7) is 1.49. The molecule has 0 aliphatic rings. The topological polar surface area (TPSA) is 75.5 Å². The number of imidazole rings is 1. The predicted octanol–water partition coefficient (Wildman–Crippen LogP) is 5.68. The zero-order valence-electron chi connectivity index (χ0n) is 21.7. The molecule has 7 nitrogen and oxygen atoms in total. The molecular formula is C29H33N3O4S. The highest BCUT2D eigenvalue weighted by molar-refractivity contribution is 8.32. The molecule has 2 aromatic carbocycles. The Morgan fingerprint density at radius 2 is 1.62 bits per heavy atom. The van der Waals surface area contributed by atoms with Crippen LogP contribution in [0.3, 0.4) is 0 Å². The molecule has 37 heavy (non-hydrogen) atoms. The number of nitrogens with zero attached hydrogens (tertiary/aromatic N) is 3. The van der Waals surface area contributed by atoms with Crippen LogP contribution in [-0.2, 0) is 18.1 Å². The Hall–Kier alpha value is -3.62. The van der Waals surface area contributed by atoms with Gasteiger partial charge in [-0.3, -0.25) is 9.78 Å². The second-order valence-corrected chi connectivity index (χ2v) is 14.1. The van der Waals surface area contributed by atoms with Crippen molar-refractivity contribution in [3.05, 3.63) is 84.3 Å². The number of pyridine rings is 1. The molecule has 0 saturated heterocycles. The predicted molar refractivity (Wildman–Crippen MR) is 150 cm³/mol. The molecule has 0 N–H and O–H groups in total. The molecular weight excluding hydrogens is 486 g/mol. The van der Waals surface area contributed by atoms with Crippen molar-refractivity contribution in [2.24, 2.45) is 0 Å². The first kappa shape index (κ1) is 26.4. The maximum atomic E-state index is 11.3. The van der Waals surface area contributed by atoms with Gasteiger partial charge in [0, 0.05) is 29.3 Å². The quantitative estimate of drug-likeness (QED) is 0.177. The summed E-state index contributed by atoms with van der Waals surface area (Å²) < 4.78 is 18.8. The van der Waals surface area contributed by atoms with Crippen LogP contribution >= 0.6 is 10.0 Å². The molecule has 0 fully saturated rings. The van der Waals surface area contributed by atoms with Gasteiger partial charge in [0.2, 0.25) is 0 Å². The van der Waals surface area contributed by atoms with Crippen molar-refractivity contribution in [2.75, 3.05) is 38.2 Å². The van der Waals surface area contributed by atoms with Gasteiger partial charge in [-0.25, -0.2) is 15.0 Å². The highest BCUT2D eigenvalue weighted by Gasteiger charge is 2.12. The Morgan fingerprint density at radius 3 is 2.24 bits per heavy atom. The minimum absolute atomic E-state index is 0.339. The van der Waals surface area contributed by atoms with E-state index >= 15 is 0 Å². The fourth-order valence-corrected chi connectivity index (χ4v) is 4.22. The first-order valence-corrected chi connectivity index (χ1v) is 15.0. The summed E-state index contributed by atoms with van der Waals surface area (Å²) in [4.78, 5) is 20.4. The first-order valence-electron chi connectivity index (χ1n) is 11.9. The van der Waals surface area contributed by atoms with Crippen LogP contribution in [-0.4, -0.2) is 59.1 Å². The van der Waals surface area contributed by atoms with E-state index in [2.05, 4.69) is 28.7 Å². The van der Waals surface area contributed by atoms with Gasteiger partial charge in [-0.15, -0.1) is 0 Å². The summed E-state index contributed by atoms with van der Waals surface area (Å²) in [6.07, 6.45) is 11.0. The Balaban J connectivity index is 1.40. The molecule has 0 unspecified atom stereocenters. The number of aldehydes is 1. The summed E-state index contributed by atoms with van der Waals surface area (Å²) in [7, 11) is 1.03. The number of methoxy groups -OCH3 is 1. The Bertz CT molecular complexity index is 1300. The van der Waals surface area contributed by atoms with Gasteiger partial charge in [-0.05, 0) is 72.9 Å². The smallest absolute Gasteiger partial charge is 0.170 e. The van der Waals surface area contributed by atoms with Crippen LogP contribution in [0.5, 0.6) is 11.5 Å². The van der Waals surface area contributed by atoms with Gasteiger partial charge in [-0.2, -0.15) is 0 Å². The number of hydrogen-bond acceptors (Lipinski definition) is 6. The van der Waals surface area contributed by atoms with E-state index in [-0.39, 0.29) is 0 Å². The van der Waals surface area contributed by atoms with E-state index in [9.17, 15) is 4.79 Å². The van der Waals surface area contributed by atoms with Gasteiger partial charge >= 0.3 is 0 Å². The van der Waals surface area contributed by atoms with E-state index < -0.39 is 10.0 Å². The van der Waals surface area contributed by atoms with Crippen LogP contribution in [0.25, 0.3) is 22.6 Å². The Labute approximate surface area is 219 Å². The molecule has 194 valence electrons. The molecule has 0 amide bonds. The summed E-state index contributed by atoms with van der Waals surface area (Å²) in [5.74, 6) is 3.29. The van der Waals surface area contributed by atoms with Crippen LogP contribution < -0.4 is 9.47 Å². The summed E-state index contributed by atoms with van der Waals surface area (Å²) in [6, 6.07) is 19.6. The molecule has 0 aliphatic heterocycles. The molecule has 2 aromatic heterocycles. The number of carbonyl (C=O) groups is 1. The van der Waals surface area contributed by atoms with Crippen molar-refractivity contribution < 1.29 is 19.0 Å². The fraction of sp³-hybridized carbons (Fsp3) is 0.276. The maximum absolute atomic E-state index is 11.3. The minimum Gasteiger partial charge on any atom is -0.497 e. The van der Waals surface area contributed by atoms with Gasteiger partial charge in [0.25, 0.3) is 0 Å². The standard InChI is InChI=1S/C29H33N3O4S/c1-34-26-10-5-22(6-11-26)20-36-27-12-7-23(8-13-27)28-14-9-24(17-30-28)29-31-25(19-33)18-32(29)21-35-15-16-37(2,3)4/h5-14,17-19H,15-16,20-21H2,1-4H3. The van der Waals surface area contributed by atoms with E-state index in [0.717, 1.165) is 45.9 Å². The highest BCUT2D eigenvalue weighted by atomic mass is 32.3. The number of hydrogen-bond donors (Lipinski definition) is 0. The van der Waals surface area contributed by atoms with Crippen LogP contribution in [0, 0.1) is 0 Å². The van der Waals surface area contributed by atoms with Gasteiger partial charge in [0.1, 0.15) is 36.4 Å². The lowest BCUT2D eigenvalue weighted by Gasteiger charge is -2.24. The summed E-state index contributed by atoms with van der Waals surface area (Å²) >= 11 is 0. The van der Waals surface area contributed by atoms with Crippen LogP contribution in [0.1, 0.15) is 16.1 Å². The highest BCUT2D eigenvalue weighted by Crippen LogP contribution is 2.33. The van der Waals surface area contributed by atoms with Crippen molar-refractivity contribution in [3.63, 3.8) is 0 Å². The molecule has 0 atom stereocenters. The lowest BCUT2D eigenvalue weighted by Crippen LogP contribution is -2.10. The Morgan fingerprint density at radius 1 is 0.919 bits per heavy atom. The molecule has 4 aromatic rings.